The molecule has 4 nitrogen and oxygen atoms in total. The van der Waals surface area contributed by atoms with Gasteiger partial charge in [-0.3, -0.25) is 0 Å². The molecule has 2 aliphatic carbocycles. The molecular formula is C20H20ClNO3S. The molecule has 2 atom stereocenters. The first-order valence-electron chi connectivity index (χ1n) is 8.49. The molecule has 26 heavy (non-hydrogen) atoms. The van der Waals surface area contributed by atoms with Crippen molar-refractivity contribution in [3.63, 3.8) is 0 Å². The van der Waals surface area contributed by atoms with E-state index in [1.165, 1.54) is 5.56 Å². The Kier molecular flexibility index (Phi) is 4.14. The van der Waals surface area contributed by atoms with E-state index in [9.17, 15) is 8.42 Å². The van der Waals surface area contributed by atoms with Crippen LogP contribution in [0, 0.1) is 5.41 Å². The predicted octanol–water partition coefficient (Wildman–Crippen LogP) is 4.35. The van der Waals surface area contributed by atoms with Gasteiger partial charge >= 0.3 is 0 Å². The molecule has 0 aliphatic heterocycles. The van der Waals surface area contributed by atoms with Gasteiger partial charge in [-0.05, 0) is 65.5 Å². The van der Waals surface area contributed by atoms with E-state index in [1.54, 1.807) is 19.2 Å². The van der Waals surface area contributed by atoms with E-state index in [0.29, 0.717) is 16.7 Å². The first-order chi connectivity index (χ1) is 12.3. The van der Waals surface area contributed by atoms with Crippen molar-refractivity contribution in [1.82, 2.24) is 0 Å². The normalized spacial score (nSPS) is 24.6. The van der Waals surface area contributed by atoms with E-state index >= 15 is 0 Å². The van der Waals surface area contributed by atoms with E-state index < -0.39 is 10.0 Å². The highest BCUT2D eigenvalue weighted by atomic mass is 35.5. The summed E-state index contributed by atoms with van der Waals surface area (Å²) in [6.07, 6.45) is 5.03. The van der Waals surface area contributed by atoms with E-state index in [2.05, 4.69) is 12.1 Å². The first-order valence-corrected chi connectivity index (χ1v) is 10.4. The Balaban J connectivity index is 1.58. The molecule has 2 aromatic rings. The number of rotatable bonds is 4. The average Bonchev–Trinajstić information content (AvgIpc) is 3.14. The van der Waals surface area contributed by atoms with Gasteiger partial charge in [0.15, 0.2) is 0 Å². The number of allylic oxidation sites excluding steroid dienone is 2. The average molecular weight is 390 g/mol. The minimum atomic E-state index is -3.74. The van der Waals surface area contributed by atoms with Gasteiger partial charge in [0.05, 0.1) is 17.0 Å². The lowest BCUT2D eigenvalue weighted by Gasteiger charge is -2.13. The molecule has 0 saturated heterocycles. The molecule has 4 rings (SSSR count). The molecule has 1 spiro atoms. The van der Waals surface area contributed by atoms with Crippen LogP contribution in [0.1, 0.15) is 36.3 Å². The molecule has 0 aromatic heterocycles. The summed E-state index contributed by atoms with van der Waals surface area (Å²) in [6.45, 7) is 0. The summed E-state index contributed by atoms with van der Waals surface area (Å²) in [4.78, 5) is 0.202. The lowest BCUT2D eigenvalue weighted by atomic mass is 9.93. The number of hydrogen-bond acceptors (Lipinski definition) is 3. The van der Waals surface area contributed by atoms with Crippen molar-refractivity contribution >= 4 is 27.2 Å². The molecular weight excluding hydrogens is 370 g/mol. The maximum atomic E-state index is 11.9. The second-order valence-electron chi connectivity index (χ2n) is 7.16. The maximum absolute atomic E-state index is 11.9. The summed E-state index contributed by atoms with van der Waals surface area (Å²) in [5.41, 5.74) is 3.17. The number of nitrogens with two attached hydrogens (primary N) is 1. The van der Waals surface area contributed by atoms with Crippen molar-refractivity contribution in [2.45, 2.75) is 30.1 Å². The molecule has 0 amide bonds. The summed E-state index contributed by atoms with van der Waals surface area (Å²) >= 11 is 6.27. The van der Waals surface area contributed by atoms with Crippen LogP contribution in [0.15, 0.2) is 53.4 Å². The lowest BCUT2D eigenvalue weighted by molar-refractivity contribution is 0.414. The number of sulfonamides is 1. The smallest absolute Gasteiger partial charge is 0.238 e. The Morgan fingerprint density at radius 1 is 1.23 bits per heavy atom. The third-order valence-corrected chi connectivity index (χ3v) is 6.87. The fourth-order valence-corrected chi connectivity index (χ4v) is 5.21. The van der Waals surface area contributed by atoms with Gasteiger partial charge in [-0.15, -0.1) is 0 Å². The zero-order valence-electron chi connectivity index (χ0n) is 14.4. The summed E-state index contributed by atoms with van der Waals surface area (Å²) in [5, 5.41) is 6.01. The van der Waals surface area contributed by atoms with Crippen LogP contribution in [-0.2, 0) is 10.0 Å². The topological polar surface area (TPSA) is 69.4 Å². The lowest BCUT2D eigenvalue weighted by Crippen LogP contribution is -2.14. The highest BCUT2D eigenvalue weighted by Crippen LogP contribution is 2.68. The molecule has 6 heteroatoms. The van der Waals surface area contributed by atoms with Gasteiger partial charge in [-0.2, -0.15) is 0 Å². The fraction of sp³-hybridized carbons (Fsp3) is 0.300. The maximum Gasteiger partial charge on any atom is 0.238 e. The quantitative estimate of drug-likeness (QED) is 0.845. The largest absolute Gasteiger partial charge is 0.495 e. The Morgan fingerprint density at radius 2 is 2.00 bits per heavy atom. The van der Waals surface area contributed by atoms with Crippen molar-refractivity contribution < 1.29 is 13.2 Å². The van der Waals surface area contributed by atoms with Crippen LogP contribution >= 0.6 is 11.6 Å². The van der Waals surface area contributed by atoms with E-state index in [-0.39, 0.29) is 10.3 Å². The van der Waals surface area contributed by atoms with Gasteiger partial charge in [-0.1, -0.05) is 41.9 Å². The molecule has 0 radical (unpaired) electrons. The summed E-state index contributed by atoms with van der Waals surface area (Å²) < 4.78 is 29.0. The molecule has 2 aromatic carbocycles. The SMILES string of the molecule is COc1ccc(C2CC23CC=C(c2ccccc2S(N)(=O)=O)C3)cc1Cl. The second kappa shape index (κ2) is 6.12. The van der Waals surface area contributed by atoms with Gasteiger partial charge in [-0.25, -0.2) is 13.6 Å². The van der Waals surface area contributed by atoms with Crippen molar-refractivity contribution in [2.75, 3.05) is 7.11 Å². The molecule has 0 bridgehead atoms. The Hall–Kier alpha value is -1.82. The number of primary sulfonamides is 1. The molecule has 2 N–H and O–H groups in total. The van der Waals surface area contributed by atoms with Gasteiger partial charge in [0.1, 0.15) is 5.75 Å². The fourth-order valence-electron chi connectivity index (χ4n) is 4.17. The second-order valence-corrected chi connectivity index (χ2v) is 9.10. The van der Waals surface area contributed by atoms with Crippen molar-refractivity contribution in [1.29, 1.82) is 0 Å². The number of benzene rings is 2. The van der Waals surface area contributed by atoms with Crippen molar-refractivity contribution in [3.05, 3.63) is 64.7 Å². The van der Waals surface area contributed by atoms with Crippen molar-refractivity contribution in [3.8, 4) is 5.75 Å². The number of hydrogen-bond donors (Lipinski definition) is 1. The van der Waals surface area contributed by atoms with Crippen LogP contribution in [0.3, 0.4) is 0 Å². The zero-order valence-corrected chi connectivity index (χ0v) is 16.0. The van der Waals surface area contributed by atoms with Crippen LogP contribution in [0.2, 0.25) is 5.02 Å². The molecule has 1 fully saturated rings. The molecule has 0 heterocycles. The Labute approximate surface area is 158 Å². The first kappa shape index (κ1) is 17.6. The monoisotopic (exact) mass is 389 g/mol. The van der Waals surface area contributed by atoms with Crippen LogP contribution in [0.5, 0.6) is 5.75 Å². The van der Waals surface area contributed by atoms with Gasteiger partial charge in [0.2, 0.25) is 10.0 Å². The van der Waals surface area contributed by atoms with Crippen LogP contribution < -0.4 is 9.88 Å². The van der Waals surface area contributed by atoms with E-state index in [4.69, 9.17) is 21.5 Å². The van der Waals surface area contributed by atoms with E-state index in [1.807, 2.05) is 24.3 Å². The predicted molar refractivity (Wildman–Crippen MR) is 103 cm³/mol. The number of ether oxygens (including phenoxy) is 1. The molecule has 2 aliphatic rings. The molecule has 136 valence electrons. The third-order valence-electron chi connectivity index (χ3n) is 5.60. The zero-order chi connectivity index (χ0) is 18.5. The van der Waals surface area contributed by atoms with Crippen LogP contribution in [0.25, 0.3) is 5.57 Å². The Bertz CT molecular complexity index is 1020. The van der Waals surface area contributed by atoms with Crippen LogP contribution in [0.4, 0.5) is 0 Å². The number of methoxy groups -OCH3 is 1. The number of halogens is 1. The standard InChI is InChI=1S/C20H20ClNO3S/c1-25-18-7-6-13(10-17(18)21)16-12-20(16)9-8-14(11-20)15-4-2-3-5-19(15)26(22,23)24/h2-8,10,16H,9,11-12H2,1H3,(H2,22,23,24). The molecule has 2 unspecified atom stereocenters. The highest BCUT2D eigenvalue weighted by Gasteiger charge is 2.56. The summed E-state index contributed by atoms with van der Waals surface area (Å²) in [6, 6.07) is 12.9. The van der Waals surface area contributed by atoms with E-state index in [0.717, 1.165) is 30.4 Å². The summed E-state index contributed by atoms with van der Waals surface area (Å²) in [5.74, 6) is 1.11. The van der Waals surface area contributed by atoms with Gasteiger partial charge in [0.25, 0.3) is 0 Å². The summed E-state index contributed by atoms with van der Waals surface area (Å²) in [7, 11) is -2.13. The Morgan fingerprint density at radius 3 is 2.69 bits per heavy atom. The van der Waals surface area contributed by atoms with Crippen molar-refractivity contribution in [2.24, 2.45) is 10.6 Å². The minimum absolute atomic E-state index is 0.165. The van der Waals surface area contributed by atoms with Gasteiger partial charge < -0.3 is 4.74 Å². The van der Waals surface area contributed by atoms with Crippen LogP contribution in [-0.4, -0.2) is 15.5 Å². The highest BCUT2D eigenvalue weighted by molar-refractivity contribution is 7.89. The van der Waals surface area contributed by atoms with Gasteiger partial charge in [0, 0.05) is 0 Å². The molecule has 1 saturated carbocycles. The minimum Gasteiger partial charge on any atom is -0.495 e. The third kappa shape index (κ3) is 2.94.